The largest absolute Gasteiger partial charge is 0.497 e. The Morgan fingerprint density at radius 2 is 1.82 bits per heavy atom. The van der Waals surface area contributed by atoms with Crippen molar-refractivity contribution in [3.8, 4) is 11.5 Å². The number of aromatic nitrogens is 2. The van der Waals surface area contributed by atoms with Gasteiger partial charge in [0.25, 0.3) is 5.91 Å². The Balaban J connectivity index is 1.54. The average molecular weight is 378 g/mol. The maximum atomic E-state index is 12.3. The minimum Gasteiger partial charge on any atom is -0.497 e. The van der Waals surface area contributed by atoms with Crippen LogP contribution >= 0.6 is 0 Å². The molecule has 1 aromatic heterocycles. The van der Waals surface area contributed by atoms with Gasteiger partial charge in [-0.05, 0) is 42.3 Å². The van der Waals surface area contributed by atoms with Crippen LogP contribution in [0.4, 0.5) is 11.5 Å². The normalized spacial score (nSPS) is 10.2. The topological polar surface area (TPSA) is 85.4 Å². The number of nitrogens with one attached hydrogen (secondary N) is 2. The SMILES string of the molecule is COc1cccc(NC(=O)c2ccc(NCCc3ccccc3OC)nn2)c1. The highest BCUT2D eigenvalue weighted by molar-refractivity contribution is 6.02. The summed E-state index contributed by atoms with van der Waals surface area (Å²) >= 11 is 0. The van der Waals surface area contributed by atoms with Crippen LogP contribution in [0.15, 0.2) is 60.7 Å². The molecular formula is C21H22N4O3. The van der Waals surface area contributed by atoms with E-state index in [0.717, 1.165) is 17.7 Å². The van der Waals surface area contributed by atoms with Gasteiger partial charge in [0.15, 0.2) is 5.69 Å². The zero-order valence-electron chi connectivity index (χ0n) is 15.8. The Morgan fingerprint density at radius 1 is 0.964 bits per heavy atom. The molecule has 0 fully saturated rings. The second-order valence-electron chi connectivity index (χ2n) is 5.98. The van der Waals surface area contributed by atoms with Crippen LogP contribution in [0.5, 0.6) is 11.5 Å². The van der Waals surface area contributed by atoms with Gasteiger partial charge in [-0.1, -0.05) is 24.3 Å². The molecule has 7 nitrogen and oxygen atoms in total. The van der Waals surface area contributed by atoms with Crippen LogP contribution in [0, 0.1) is 0 Å². The van der Waals surface area contributed by atoms with Crippen molar-refractivity contribution in [2.75, 3.05) is 31.4 Å². The molecule has 0 aliphatic rings. The van der Waals surface area contributed by atoms with E-state index in [-0.39, 0.29) is 11.6 Å². The summed E-state index contributed by atoms with van der Waals surface area (Å²) in [4.78, 5) is 12.3. The van der Waals surface area contributed by atoms with Crippen molar-refractivity contribution in [2.24, 2.45) is 0 Å². The van der Waals surface area contributed by atoms with Crippen molar-refractivity contribution in [2.45, 2.75) is 6.42 Å². The van der Waals surface area contributed by atoms with Gasteiger partial charge in [0.2, 0.25) is 0 Å². The zero-order chi connectivity index (χ0) is 19.8. The number of benzene rings is 2. The summed E-state index contributed by atoms with van der Waals surface area (Å²) in [5, 5.41) is 14.0. The van der Waals surface area contributed by atoms with Gasteiger partial charge in [-0.15, -0.1) is 10.2 Å². The molecule has 0 atom stereocenters. The third kappa shape index (κ3) is 4.97. The second kappa shape index (κ2) is 9.36. The summed E-state index contributed by atoms with van der Waals surface area (Å²) in [6.07, 6.45) is 0.782. The van der Waals surface area contributed by atoms with E-state index in [1.807, 2.05) is 24.3 Å². The van der Waals surface area contributed by atoms with Gasteiger partial charge in [-0.25, -0.2) is 0 Å². The Bertz CT molecular complexity index is 929. The quantitative estimate of drug-likeness (QED) is 0.625. The predicted molar refractivity (Wildman–Crippen MR) is 108 cm³/mol. The lowest BCUT2D eigenvalue weighted by Gasteiger charge is -2.09. The Hall–Kier alpha value is -3.61. The first kappa shape index (κ1) is 19.2. The van der Waals surface area contributed by atoms with E-state index in [2.05, 4.69) is 20.8 Å². The van der Waals surface area contributed by atoms with Gasteiger partial charge < -0.3 is 20.1 Å². The molecule has 3 aromatic rings. The average Bonchev–Trinajstić information content (AvgIpc) is 2.74. The van der Waals surface area contributed by atoms with Crippen LogP contribution in [0.3, 0.4) is 0 Å². The van der Waals surface area contributed by atoms with Crippen molar-refractivity contribution in [1.29, 1.82) is 0 Å². The molecule has 0 saturated heterocycles. The van der Waals surface area contributed by atoms with E-state index in [9.17, 15) is 4.79 Å². The monoisotopic (exact) mass is 378 g/mol. The highest BCUT2D eigenvalue weighted by atomic mass is 16.5. The summed E-state index contributed by atoms with van der Waals surface area (Å²) in [6.45, 7) is 0.671. The lowest BCUT2D eigenvalue weighted by molar-refractivity contribution is 0.102. The summed E-state index contributed by atoms with van der Waals surface area (Å²) < 4.78 is 10.5. The fourth-order valence-corrected chi connectivity index (χ4v) is 2.68. The van der Waals surface area contributed by atoms with E-state index in [1.54, 1.807) is 50.6 Å². The molecule has 0 bridgehead atoms. The molecule has 2 N–H and O–H groups in total. The fourth-order valence-electron chi connectivity index (χ4n) is 2.68. The van der Waals surface area contributed by atoms with Gasteiger partial charge in [-0.3, -0.25) is 4.79 Å². The van der Waals surface area contributed by atoms with Crippen molar-refractivity contribution >= 4 is 17.4 Å². The molecule has 1 heterocycles. The van der Waals surface area contributed by atoms with Crippen LogP contribution in [0.25, 0.3) is 0 Å². The van der Waals surface area contributed by atoms with Gasteiger partial charge in [-0.2, -0.15) is 0 Å². The minimum absolute atomic E-state index is 0.234. The van der Waals surface area contributed by atoms with Crippen LogP contribution in [0.1, 0.15) is 16.1 Å². The fraction of sp³-hybridized carbons (Fsp3) is 0.190. The van der Waals surface area contributed by atoms with Crippen LogP contribution < -0.4 is 20.1 Å². The number of rotatable bonds is 8. The Labute approximate surface area is 163 Å². The number of ether oxygens (including phenoxy) is 2. The van der Waals surface area contributed by atoms with Crippen LogP contribution in [0.2, 0.25) is 0 Å². The van der Waals surface area contributed by atoms with Crippen molar-refractivity contribution in [3.05, 3.63) is 71.9 Å². The van der Waals surface area contributed by atoms with E-state index in [4.69, 9.17) is 9.47 Å². The summed E-state index contributed by atoms with van der Waals surface area (Å²) in [7, 11) is 3.24. The van der Waals surface area contributed by atoms with Crippen LogP contribution in [-0.4, -0.2) is 36.9 Å². The lowest BCUT2D eigenvalue weighted by atomic mass is 10.1. The number of methoxy groups -OCH3 is 2. The van der Waals surface area contributed by atoms with Gasteiger partial charge in [0, 0.05) is 18.3 Å². The molecule has 0 radical (unpaired) electrons. The summed E-state index contributed by atoms with van der Waals surface area (Å²) in [6, 6.07) is 18.4. The molecule has 3 rings (SSSR count). The van der Waals surface area contributed by atoms with E-state index >= 15 is 0 Å². The molecule has 1 amide bonds. The summed E-state index contributed by atoms with van der Waals surface area (Å²) in [5.41, 5.74) is 1.98. The van der Waals surface area contributed by atoms with E-state index in [0.29, 0.717) is 23.8 Å². The molecule has 0 aliphatic carbocycles. The number of para-hydroxylation sites is 1. The van der Waals surface area contributed by atoms with Gasteiger partial charge in [0.05, 0.1) is 14.2 Å². The number of nitrogens with zero attached hydrogens (tertiary/aromatic N) is 2. The van der Waals surface area contributed by atoms with E-state index < -0.39 is 0 Å². The highest BCUT2D eigenvalue weighted by Gasteiger charge is 2.09. The molecule has 0 saturated carbocycles. The van der Waals surface area contributed by atoms with Gasteiger partial charge in [0.1, 0.15) is 17.3 Å². The first-order valence-corrected chi connectivity index (χ1v) is 8.84. The number of carbonyl (C=O) groups excluding carboxylic acids is 1. The van der Waals surface area contributed by atoms with Gasteiger partial charge >= 0.3 is 0 Å². The first-order valence-electron chi connectivity index (χ1n) is 8.84. The molecule has 28 heavy (non-hydrogen) atoms. The maximum Gasteiger partial charge on any atom is 0.276 e. The second-order valence-corrected chi connectivity index (χ2v) is 5.98. The summed E-state index contributed by atoms with van der Waals surface area (Å²) in [5.74, 6) is 1.80. The van der Waals surface area contributed by atoms with Crippen molar-refractivity contribution < 1.29 is 14.3 Å². The molecule has 0 spiro atoms. The zero-order valence-corrected chi connectivity index (χ0v) is 15.8. The van der Waals surface area contributed by atoms with Crippen LogP contribution in [-0.2, 0) is 6.42 Å². The molecule has 2 aromatic carbocycles. The number of carbonyl (C=O) groups is 1. The number of hydrogen-bond acceptors (Lipinski definition) is 6. The standard InChI is InChI=1S/C21H22N4O3/c1-27-17-8-5-7-16(14-17)23-21(26)18-10-11-20(25-24-18)22-13-12-15-6-3-4-9-19(15)28-2/h3-11,14H,12-13H2,1-2H3,(H,22,25)(H,23,26). The molecular weight excluding hydrogens is 356 g/mol. The number of anilines is 2. The van der Waals surface area contributed by atoms with E-state index in [1.165, 1.54) is 0 Å². The molecule has 7 heteroatoms. The first-order chi connectivity index (χ1) is 13.7. The third-order valence-corrected chi connectivity index (χ3v) is 4.12. The maximum absolute atomic E-state index is 12.3. The third-order valence-electron chi connectivity index (χ3n) is 4.12. The number of amides is 1. The molecule has 144 valence electrons. The minimum atomic E-state index is -0.332. The van der Waals surface area contributed by atoms with Crippen molar-refractivity contribution in [3.63, 3.8) is 0 Å². The number of hydrogen-bond donors (Lipinski definition) is 2. The smallest absolute Gasteiger partial charge is 0.276 e. The highest BCUT2D eigenvalue weighted by Crippen LogP contribution is 2.18. The lowest BCUT2D eigenvalue weighted by Crippen LogP contribution is -2.15. The molecule has 0 aliphatic heterocycles. The molecule has 0 unspecified atom stereocenters. The Kier molecular flexibility index (Phi) is 6.41. The van der Waals surface area contributed by atoms with Crippen molar-refractivity contribution in [1.82, 2.24) is 10.2 Å². The predicted octanol–water partition coefficient (Wildman–Crippen LogP) is 3.40. The Morgan fingerprint density at radius 3 is 2.57 bits per heavy atom.